The molecule has 2 nitrogen and oxygen atoms in total. The second-order valence-electron chi connectivity index (χ2n) is 3.88. The van der Waals surface area contributed by atoms with Crippen LogP contribution >= 0.6 is 23.4 Å². The molecule has 0 saturated carbocycles. The van der Waals surface area contributed by atoms with E-state index in [9.17, 15) is 4.79 Å². The highest BCUT2D eigenvalue weighted by Crippen LogP contribution is 2.32. The highest BCUT2D eigenvalue weighted by Gasteiger charge is 2.13. The van der Waals surface area contributed by atoms with E-state index in [1.165, 1.54) is 12.7 Å². The zero-order valence-corrected chi connectivity index (χ0v) is 12.0. The minimum absolute atomic E-state index is 0.405. The second-order valence-corrected chi connectivity index (χ2v) is 5.28. The summed E-state index contributed by atoms with van der Waals surface area (Å²) < 4.78 is 4.70. The molecule has 4 heteroatoms. The molecule has 0 spiro atoms. The van der Waals surface area contributed by atoms with Crippen molar-refractivity contribution in [2.45, 2.75) is 10.6 Å². The van der Waals surface area contributed by atoms with Gasteiger partial charge in [-0.2, -0.15) is 0 Å². The maximum absolute atomic E-state index is 11.5. The smallest absolute Gasteiger partial charge is 0.339 e. The summed E-state index contributed by atoms with van der Waals surface area (Å²) >= 11 is 7.83. The lowest BCUT2D eigenvalue weighted by Crippen LogP contribution is -2.02. The first-order chi connectivity index (χ1) is 9.22. The van der Waals surface area contributed by atoms with Crippen molar-refractivity contribution in [3.05, 3.63) is 64.7 Å². The van der Waals surface area contributed by atoms with Crippen molar-refractivity contribution in [2.75, 3.05) is 7.11 Å². The van der Waals surface area contributed by atoms with E-state index in [2.05, 4.69) is 12.1 Å². The molecule has 0 unspecified atom stereocenters. The van der Waals surface area contributed by atoms with Crippen LogP contribution in [0.5, 0.6) is 0 Å². The Kier molecular flexibility index (Phi) is 4.88. The molecule has 0 aromatic heterocycles. The van der Waals surface area contributed by atoms with Crippen LogP contribution in [-0.2, 0) is 10.5 Å². The van der Waals surface area contributed by atoms with E-state index < -0.39 is 5.97 Å². The lowest BCUT2D eigenvalue weighted by molar-refractivity contribution is 0.0600. The van der Waals surface area contributed by atoms with Gasteiger partial charge in [0.15, 0.2) is 0 Å². The average molecular weight is 293 g/mol. The van der Waals surface area contributed by atoms with E-state index in [-0.39, 0.29) is 0 Å². The molecule has 0 amide bonds. The average Bonchev–Trinajstić information content (AvgIpc) is 2.46. The Hall–Kier alpha value is -1.45. The van der Waals surface area contributed by atoms with E-state index in [1.807, 2.05) is 30.3 Å². The van der Waals surface area contributed by atoms with E-state index >= 15 is 0 Å². The lowest BCUT2D eigenvalue weighted by atomic mass is 10.2. The van der Waals surface area contributed by atoms with Gasteiger partial charge in [0.05, 0.1) is 17.7 Å². The molecular formula is C15H13ClO2S. The van der Waals surface area contributed by atoms with Gasteiger partial charge in [0, 0.05) is 10.6 Å². The monoisotopic (exact) mass is 292 g/mol. The Morgan fingerprint density at radius 3 is 2.58 bits per heavy atom. The van der Waals surface area contributed by atoms with Gasteiger partial charge in [-0.3, -0.25) is 0 Å². The molecule has 2 aromatic carbocycles. The third kappa shape index (κ3) is 3.52. The molecule has 0 aliphatic carbocycles. The van der Waals surface area contributed by atoms with E-state index in [1.54, 1.807) is 17.8 Å². The number of hydrogen-bond acceptors (Lipinski definition) is 3. The van der Waals surface area contributed by atoms with Gasteiger partial charge >= 0.3 is 5.97 Å². The minimum Gasteiger partial charge on any atom is -0.465 e. The zero-order valence-electron chi connectivity index (χ0n) is 10.4. The predicted octanol–water partition coefficient (Wildman–Crippen LogP) is 4.42. The Morgan fingerprint density at radius 2 is 1.89 bits per heavy atom. The topological polar surface area (TPSA) is 26.3 Å². The molecule has 0 bridgehead atoms. The molecule has 0 fully saturated rings. The third-order valence-corrected chi connectivity index (χ3v) is 4.25. The molecule has 0 saturated heterocycles. The van der Waals surface area contributed by atoms with Crippen molar-refractivity contribution >= 4 is 29.3 Å². The fourth-order valence-corrected chi connectivity index (χ4v) is 2.92. The molecule has 19 heavy (non-hydrogen) atoms. The molecular weight excluding hydrogens is 280 g/mol. The van der Waals surface area contributed by atoms with Crippen molar-refractivity contribution in [1.29, 1.82) is 0 Å². The number of esters is 1. The number of carbonyl (C=O) groups is 1. The maximum Gasteiger partial charge on any atom is 0.339 e. The van der Waals surface area contributed by atoms with Crippen molar-refractivity contribution in [3.63, 3.8) is 0 Å². The number of thioether (sulfide) groups is 1. The van der Waals surface area contributed by atoms with E-state index in [0.717, 1.165) is 10.6 Å². The summed E-state index contributed by atoms with van der Waals surface area (Å²) in [5, 5.41) is 0.454. The third-order valence-electron chi connectivity index (χ3n) is 2.61. The largest absolute Gasteiger partial charge is 0.465 e. The summed E-state index contributed by atoms with van der Waals surface area (Å²) in [6.45, 7) is 0. The Balaban J connectivity index is 2.15. The van der Waals surface area contributed by atoms with Crippen LogP contribution in [-0.4, -0.2) is 13.1 Å². The summed E-state index contributed by atoms with van der Waals surface area (Å²) in [6.07, 6.45) is 0. The molecule has 2 aromatic rings. The SMILES string of the molecule is COC(=O)c1cccc(SCc2ccccc2)c1Cl. The van der Waals surface area contributed by atoms with Crippen LogP contribution in [0.2, 0.25) is 5.02 Å². The van der Waals surface area contributed by atoms with Crippen molar-refractivity contribution in [2.24, 2.45) is 0 Å². The maximum atomic E-state index is 11.5. The van der Waals surface area contributed by atoms with Gasteiger partial charge in [0.2, 0.25) is 0 Å². The van der Waals surface area contributed by atoms with Crippen LogP contribution in [0.4, 0.5) is 0 Å². The molecule has 0 heterocycles. The van der Waals surface area contributed by atoms with Crippen LogP contribution in [0.15, 0.2) is 53.4 Å². The first-order valence-electron chi connectivity index (χ1n) is 5.76. The van der Waals surface area contributed by atoms with Gasteiger partial charge in [0.25, 0.3) is 0 Å². The van der Waals surface area contributed by atoms with Crippen LogP contribution in [0.25, 0.3) is 0 Å². The highest BCUT2D eigenvalue weighted by molar-refractivity contribution is 7.98. The molecule has 0 aliphatic heterocycles. The van der Waals surface area contributed by atoms with E-state index in [4.69, 9.17) is 16.3 Å². The molecule has 0 radical (unpaired) electrons. The number of halogens is 1. The fraction of sp³-hybridized carbons (Fsp3) is 0.133. The molecule has 0 aliphatic rings. The number of methoxy groups -OCH3 is 1. The normalized spacial score (nSPS) is 10.2. The lowest BCUT2D eigenvalue weighted by Gasteiger charge is -2.08. The number of carbonyl (C=O) groups excluding carboxylic acids is 1. The van der Waals surface area contributed by atoms with Crippen LogP contribution in [0.1, 0.15) is 15.9 Å². The highest BCUT2D eigenvalue weighted by atomic mass is 35.5. The molecule has 98 valence electrons. The summed E-state index contributed by atoms with van der Waals surface area (Å²) in [6, 6.07) is 15.5. The van der Waals surface area contributed by atoms with Crippen molar-refractivity contribution in [1.82, 2.24) is 0 Å². The number of ether oxygens (including phenoxy) is 1. The fourth-order valence-electron chi connectivity index (χ4n) is 1.63. The van der Waals surface area contributed by atoms with Gasteiger partial charge in [-0.15, -0.1) is 11.8 Å². The minimum atomic E-state index is -0.410. The summed E-state index contributed by atoms with van der Waals surface area (Å²) in [5.41, 5.74) is 1.62. The van der Waals surface area contributed by atoms with Gasteiger partial charge in [-0.1, -0.05) is 48.0 Å². The standard InChI is InChI=1S/C15H13ClO2S/c1-18-15(17)12-8-5-9-13(14(12)16)19-10-11-6-3-2-4-7-11/h2-9H,10H2,1H3. The van der Waals surface area contributed by atoms with E-state index in [0.29, 0.717) is 10.6 Å². The van der Waals surface area contributed by atoms with Crippen LogP contribution in [0.3, 0.4) is 0 Å². The van der Waals surface area contributed by atoms with Gasteiger partial charge < -0.3 is 4.74 Å². The predicted molar refractivity (Wildman–Crippen MR) is 78.8 cm³/mol. The summed E-state index contributed by atoms with van der Waals surface area (Å²) in [4.78, 5) is 12.4. The first kappa shape index (κ1) is 14.0. The van der Waals surface area contributed by atoms with Crippen molar-refractivity contribution in [3.8, 4) is 0 Å². The zero-order chi connectivity index (χ0) is 13.7. The number of rotatable bonds is 4. The molecule has 0 N–H and O–H groups in total. The number of hydrogen-bond donors (Lipinski definition) is 0. The van der Waals surface area contributed by atoms with Crippen molar-refractivity contribution < 1.29 is 9.53 Å². The summed E-state index contributed by atoms with van der Waals surface area (Å²) in [7, 11) is 1.35. The van der Waals surface area contributed by atoms with Gasteiger partial charge in [0.1, 0.15) is 0 Å². The quantitative estimate of drug-likeness (QED) is 0.616. The number of benzene rings is 2. The van der Waals surface area contributed by atoms with Gasteiger partial charge in [-0.25, -0.2) is 4.79 Å². The van der Waals surface area contributed by atoms with Gasteiger partial charge in [-0.05, 0) is 17.7 Å². The molecule has 0 atom stereocenters. The second kappa shape index (κ2) is 6.64. The Morgan fingerprint density at radius 1 is 1.16 bits per heavy atom. The van der Waals surface area contributed by atoms with Crippen LogP contribution in [0, 0.1) is 0 Å². The molecule has 2 rings (SSSR count). The first-order valence-corrected chi connectivity index (χ1v) is 7.12. The Labute approximate surface area is 121 Å². The Bertz CT molecular complexity index is 570. The summed E-state index contributed by atoms with van der Waals surface area (Å²) in [5.74, 6) is 0.401. The van der Waals surface area contributed by atoms with Crippen LogP contribution < -0.4 is 0 Å².